The molecule has 1 heterocycles. The van der Waals surface area contributed by atoms with Crippen LogP contribution in [0.4, 0.5) is 13.2 Å². The molecular weight excluding hydrogens is 275 g/mol. The SMILES string of the molecule is COc1ccc(/C=C/C2=NOC(O)(C(F)(F)F)C2)cc1. The Hall–Kier alpha value is -2.02. The summed E-state index contributed by atoms with van der Waals surface area (Å²) in [5.74, 6) is -2.55. The second kappa shape index (κ2) is 5.16. The third kappa shape index (κ3) is 2.93. The zero-order chi connectivity index (χ0) is 14.8. The highest BCUT2D eigenvalue weighted by molar-refractivity contribution is 5.99. The summed E-state index contributed by atoms with van der Waals surface area (Å²) < 4.78 is 42.4. The second-order valence-electron chi connectivity index (χ2n) is 4.24. The number of benzene rings is 1. The Morgan fingerprint density at radius 3 is 2.45 bits per heavy atom. The number of hydrogen-bond acceptors (Lipinski definition) is 4. The second-order valence-corrected chi connectivity index (χ2v) is 4.24. The highest BCUT2D eigenvalue weighted by atomic mass is 19.4. The van der Waals surface area contributed by atoms with E-state index in [4.69, 9.17) is 4.74 Å². The van der Waals surface area contributed by atoms with Crippen molar-refractivity contribution in [2.24, 2.45) is 5.16 Å². The summed E-state index contributed by atoms with van der Waals surface area (Å²) in [6, 6.07) is 6.92. The van der Waals surface area contributed by atoms with Crippen molar-refractivity contribution in [3.8, 4) is 5.75 Å². The minimum atomic E-state index is -4.88. The summed E-state index contributed by atoms with van der Waals surface area (Å²) in [6.07, 6.45) is -2.68. The van der Waals surface area contributed by atoms with Crippen LogP contribution in [0.1, 0.15) is 12.0 Å². The van der Waals surface area contributed by atoms with Gasteiger partial charge in [-0.3, -0.25) is 0 Å². The van der Waals surface area contributed by atoms with Crippen molar-refractivity contribution in [1.29, 1.82) is 0 Å². The monoisotopic (exact) mass is 287 g/mol. The quantitative estimate of drug-likeness (QED) is 0.930. The molecule has 1 unspecified atom stereocenters. The van der Waals surface area contributed by atoms with Crippen LogP contribution in [-0.4, -0.2) is 29.9 Å². The molecule has 4 nitrogen and oxygen atoms in total. The van der Waals surface area contributed by atoms with Gasteiger partial charge < -0.3 is 14.7 Å². The first-order chi connectivity index (χ1) is 9.34. The van der Waals surface area contributed by atoms with E-state index in [1.54, 1.807) is 30.3 Å². The van der Waals surface area contributed by atoms with Gasteiger partial charge in [0.1, 0.15) is 5.75 Å². The number of rotatable bonds is 3. The van der Waals surface area contributed by atoms with Crippen LogP contribution in [0, 0.1) is 0 Å². The molecule has 0 radical (unpaired) electrons. The van der Waals surface area contributed by atoms with E-state index in [0.29, 0.717) is 5.75 Å². The van der Waals surface area contributed by atoms with Gasteiger partial charge in [-0.15, -0.1) is 0 Å². The summed E-state index contributed by atoms with van der Waals surface area (Å²) in [4.78, 5) is 4.09. The minimum Gasteiger partial charge on any atom is -0.497 e. The van der Waals surface area contributed by atoms with Crippen LogP contribution in [-0.2, 0) is 4.84 Å². The number of allylic oxidation sites excluding steroid dienone is 1. The molecule has 7 heteroatoms. The molecule has 1 aromatic carbocycles. The summed E-state index contributed by atoms with van der Waals surface area (Å²) in [5.41, 5.74) is 0.775. The van der Waals surface area contributed by atoms with Crippen LogP contribution in [0.15, 0.2) is 35.5 Å². The molecule has 0 aliphatic carbocycles. The number of aliphatic hydroxyl groups is 1. The normalized spacial score (nSPS) is 22.8. The third-order valence-electron chi connectivity index (χ3n) is 2.76. The molecule has 0 aromatic heterocycles. The lowest BCUT2D eigenvalue weighted by atomic mass is 10.1. The summed E-state index contributed by atoms with van der Waals surface area (Å²) in [7, 11) is 1.54. The molecule has 0 fully saturated rings. The van der Waals surface area contributed by atoms with Crippen molar-refractivity contribution in [3.63, 3.8) is 0 Å². The lowest BCUT2D eigenvalue weighted by Gasteiger charge is -2.22. The molecule has 0 amide bonds. The number of methoxy groups -OCH3 is 1. The smallest absolute Gasteiger partial charge is 0.458 e. The molecule has 1 aliphatic heterocycles. The van der Waals surface area contributed by atoms with E-state index in [0.717, 1.165) is 5.56 Å². The predicted octanol–water partition coefficient (Wildman–Crippen LogP) is 2.74. The largest absolute Gasteiger partial charge is 0.497 e. The highest BCUT2D eigenvalue weighted by Gasteiger charge is 2.60. The van der Waals surface area contributed by atoms with Gasteiger partial charge >= 0.3 is 12.0 Å². The van der Waals surface area contributed by atoms with Crippen molar-refractivity contribution in [2.75, 3.05) is 7.11 Å². The first-order valence-electron chi connectivity index (χ1n) is 5.70. The van der Waals surface area contributed by atoms with E-state index >= 15 is 0 Å². The number of hydrogen-bond donors (Lipinski definition) is 1. The maximum absolute atomic E-state index is 12.5. The standard InChI is InChI=1S/C13H12F3NO3/c1-19-11-6-3-9(4-7-11)2-5-10-8-12(18,20-17-10)13(14,15)16/h2-7,18H,8H2,1H3/b5-2+. The van der Waals surface area contributed by atoms with E-state index in [-0.39, 0.29) is 5.71 Å². The van der Waals surface area contributed by atoms with Crippen molar-refractivity contribution < 1.29 is 27.9 Å². The number of oxime groups is 1. The summed E-state index contributed by atoms with van der Waals surface area (Å²) in [5, 5.41) is 12.5. The van der Waals surface area contributed by atoms with Crippen LogP contribution in [0.3, 0.4) is 0 Å². The minimum absolute atomic E-state index is 0.0145. The Balaban J connectivity index is 2.03. The molecule has 1 aromatic rings. The van der Waals surface area contributed by atoms with Crippen LogP contribution >= 0.6 is 0 Å². The summed E-state index contributed by atoms with van der Waals surface area (Å²) >= 11 is 0. The molecule has 1 atom stereocenters. The fraction of sp³-hybridized carbons (Fsp3) is 0.308. The average molecular weight is 287 g/mol. The molecule has 0 bridgehead atoms. The third-order valence-corrected chi connectivity index (χ3v) is 2.76. The van der Waals surface area contributed by atoms with Crippen LogP contribution in [0.5, 0.6) is 5.75 Å². The maximum atomic E-state index is 12.5. The molecule has 0 spiro atoms. The first-order valence-corrected chi connectivity index (χ1v) is 5.70. The lowest BCUT2D eigenvalue weighted by molar-refractivity contribution is -0.355. The number of ether oxygens (including phenoxy) is 1. The molecule has 0 saturated carbocycles. The van der Waals surface area contributed by atoms with Gasteiger partial charge in [0.05, 0.1) is 19.2 Å². The molecule has 1 aliphatic rings. The molecule has 0 saturated heterocycles. The van der Waals surface area contributed by atoms with Crippen molar-refractivity contribution in [2.45, 2.75) is 18.4 Å². The van der Waals surface area contributed by atoms with E-state index in [1.807, 2.05) is 0 Å². The topological polar surface area (TPSA) is 51.0 Å². The van der Waals surface area contributed by atoms with Gasteiger partial charge in [0.25, 0.3) is 0 Å². The fourth-order valence-electron chi connectivity index (χ4n) is 1.59. The molecule has 20 heavy (non-hydrogen) atoms. The Kier molecular flexibility index (Phi) is 3.71. The number of nitrogens with zero attached hydrogens (tertiary/aromatic N) is 1. The van der Waals surface area contributed by atoms with E-state index in [9.17, 15) is 18.3 Å². The van der Waals surface area contributed by atoms with Gasteiger partial charge in [0, 0.05) is 0 Å². The van der Waals surface area contributed by atoms with E-state index < -0.39 is 18.4 Å². The van der Waals surface area contributed by atoms with Gasteiger partial charge in [0.15, 0.2) is 0 Å². The fourth-order valence-corrected chi connectivity index (χ4v) is 1.59. The summed E-state index contributed by atoms with van der Waals surface area (Å²) in [6.45, 7) is 0. The molecule has 108 valence electrons. The van der Waals surface area contributed by atoms with Gasteiger partial charge in [-0.2, -0.15) is 13.2 Å². The zero-order valence-corrected chi connectivity index (χ0v) is 10.5. The van der Waals surface area contributed by atoms with Gasteiger partial charge in [-0.25, -0.2) is 0 Å². The number of halogens is 3. The number of alkyl halides is 3. The van der Waals surface area contributed by atoms with Crippen molar-refractivity contribution in [3.05, 3.63) is 35.9 Å². The Labute approximate surface area is 113 Å². The Morgan fingerprint density at radius 1 is 1.30 bits per heavy atom. The van der Waals surface area contributed by atoms with Crippen LogP contribution in [0.2, 0.25) is 0 Å². The van der Waals surface area contributed by atoms with Crippen molar-refractivity contribution >= 4 is 11.8 Å². The van der Waals surface area contributed by atoms with Gasteiger partial charge in [-0.1, -0.05) is 23.4 Å². The maximum Gasteiger partial charge on any atom is 0.458 e. The average Bonchev–Trinajstić information content (AvgIpc) is 2.80. The first kappa shape index (κ1) is 14.4. The molecule has 2 rings (SSSR count). The Bertz CT molecular complexity index is 537. The molecular formula is C13H12F3NO3. The predicted molar refractivity (Wildman–Crippen MR) is 66.2 cm³/mol. The van der Waals surface area contributed by atoms with E-state index in [1.165, 1.54) is 13.2 Å². The molecule has 1 N–H and O–H groups in total. The zero-order valence-electron chi connectivity index (χ0n) is 10.5. The van der Waals surface area contributed by atoms with Crippen LogP contribution < -0.4 is 4.74 Å². The van der Waals surface area contributed by atoms with Gasteiger partial charge in [-0.05, 0) is 23.8 Å². The Morgan fingerprint density at radius 2 is 1.95 bits per heavy atom. The van der Waals surface area contributed by atoms with E-state index in [2.05, 4.69) is 9.99 Å². The lowest BCUT2D eigenvalue weighted by Crippen LogP contribution is -2.45. The van der Waals surface area contributed by atoms with Crippen LogP contribution in [0.25, 0.3) is 6.08 Å². The van der Waals surface area contributed by atoms with Gasteiger partial charge in [0.2, 0.25) is 0 Å². The van der Waals surface area contributed by atoms with Crippen molar-refractivity contribution in [1.82, 2.24) is 0 Å². The highest BCUT2D eigenvalue weighted by Crippen LogP contribution is 2.38.